The number of carbonyl (C=O) groups is 1. The van der Waals surface area contributed by atoms with Gasteiger partial charge in [-0.05, 0) is 36.2 Å². The predicted molar refractivity (Wildman–Crippen MR) is 90.3 cm³/mol. The topological polar surface area (TPSA) is 46.9 Å². The number of nitrogens with zero attached hydrogens (tertiary/aromatic N) is 2. The van der Waals surface area contributed by atoms with E-state index in [2.05, 4.69) is 10.3 Å². The summed E-state index contributed by atoms with van der Waals surface area (Å²) in [7, 11) is 0. The minimum absolute atomic E-state index is 0.141. The van der Waals surface area contributed by atoms with E-state index in [0.29, 0.717) is 12.1 Å². The van der Waals surface area contributed by atoms with Crippen LogP contribution in [-0.2, 0) is 17.8 Å². The maximum Gasteiger partial charge on any atom is 0.224 e. The highest BCUT2D eigenvalue weighted by Crippen LogP contribution is 2.16. The van der Waals surface area contributed by atoms with Crippen molar-refractivity contribution in [3.8, 4) is 5.69 Å². The molecule has 122 valence electrons. The van der Waals surface area contributed by atoms with Crippen molar-refractivity contribution in [3.05, 3.63) is 83.7 Å². The quantitative estimate of drug-likeness (QED) is 0.784. The second-order valence-corrected chi connectivity index (χ2v) is 5.56. The maximum atomic E-state index is 13.2. The maximum absolute atomic E-state index is 13.2. The summed E-state index contributed by atoms with van der Waals surface area (Å²) < 4.78 is 15.2. The lowest BCUT2D eigenvalue weighted by molar-refractivity contribution is -0.120. The molecule has 0 unspecified atom stereocenters. The first-order valence-corrected chi connectivity index (χ1v) is 7.73. The molecular formula is C19H18FN3O. The molecule has 3 rings (SSSR count). The van der Waals surface area contributed by atoms with Crippen LogP contribution in [0.2, 0.25) is 0 Å². The second kappa shape index (κ2) is 7.08. The van der Waals surface area contributed by atoms with Crippen molar-refractivity contribution in [3.63, 3.8) is 0 Å². The summed E-state index contributed by atoms with van der Waals surface area (Å²) in [6.45, 7) is 2.33. The summed E-state index contributed by atoms with van der Waals surface area (Å²) in [5.74, 6) is 0.410. The molecule has 24 heavy (non-hydrogen) atoms. The number of halogens is 1. The normalized spacial score (nSPS) is 10.6. The zero-order valence-corrected chi connectivity index (χ0v) is 13.4. The van der Waals surface area contributed by atoms with Crippen LogP contribution in [0.25, 0.3) is 5.69 Å². The summed E-state index contributed by atoms with van der Waals surface area (Å²) >= 11 is 0. The first kappa shape index (κ1) is 15.9. The van der Waals surface area contributed by atoms with Gasteiger partial charge in [-0.2, -0.15) is 0 Å². The lowest BCUT2D eigenvalue weighted by atomic mass is 10.1. The second-order valence-electron chi connectivity index (χ2n) is 5.56. The molecule has 0 atom stereocenters. The van der Waals surface area contributed by atoms with Gasteiger partial charge in [-0.3, -0.25) is 4.79 Å². The van der Waals surface area contributed by atoms with Gasteiger partial charge in [-0.25, -0.2) is 9.37 Å². The largest absolute Gasteiger partial charge is 0.352 e. The first-order valence-electron chi connectivity index (χ1n) is 7.73. The molecule has 2 aromatic carbocycles. The third kappa shape index (κ3) is 3.68. The van der Waals surface area contributed by atoms with E-state index < -0.39 is 0 Å². The molecule has 1 N–H and O–H groups in total. The summed E-state index contributed by atoms with van der Waals surface area (Å²) in [4.78, 5) is 16.3. The fraction of sp³-hybridized carbons (Fsp3) is 0.158. The number of amides is 1. The zero-order valence-electron chi connectivity index (χ0n) is 13.4. The van der Waals surface area contributed by atoms with Gasteiger partial charge in [0.15, 0.2) is 0 Å². The first-order chi connectivity index (χ1) is 11.6. The molecule has 1 heterocycles. The third-order valence-electron chi connectivity index (χ3n) is 3.81. The Labute approximate surface area is 140 Å². The molecule has 0 spiro atoms. The van der Waals surface area contributed by atoms with Crippen LogP contribution in [0.4, 0.5) is 4.39 Å². The summed E-state index contributed by atoms with van der Waals surface area (Å²) in [5.41, 5.74) is 2.64. The van der Waals surface area contributed by atoms with Gasteiger partial charge < -0.3 is 9.88 Å². The molecule has 0 radical (unpaired) electrons. The van der Waals surface area contributed by atoms with Crippen molar-refractivity contribution in [1.82, 2.24) is 14.9 Å². The fourth-order valence-electron chi connectivity index (χ4n) is 2.62. The molecular weight excluding hydrogens is 305 g/mol. The molecule has 0 aliphatic rings. The van der Waals surface area contributed by atoms with Crippen molar-refractivity contribution >= 4 is 5.91 Å². The minimum Gasteiger partial charge on any atom is -0.352 e. The molecule has 5 heteroatoms. The number of aromatic nitrogens is 2. The van der Waals surface area contributed by atoms with Gasteiger partial charge in [0.2, 0.25) is 5.91 Å². The van der Waals surface area contributed by atoms with Crippen LogP contribution in [0, 0.1) is 12.7 Å². The molecule has 0 aliphatic carbocycles. The van der Waals surface area contributed by atoms with Crippen LogP contribution in [0.1, 0.15) is 17.0 Å². The van der Waals surface area contributed by atoms with Crippen molar-refractivity contribution in [2.45, 2.75) is 19.9 Å². The Kier molecular flexibility index (Phi) is 4.70. The SMILES string of the molecule is Cc1nccn1-c1ccccc1CNC(=O)Cc1cccc(F)c1. The summed E-state index contributed by atoms with van der Waals surface area (Å²) in [6.07, 6.45) is 3.79. The standard InChI is InChI=1S/C19H18FN3O/c1-14-21-9-10-23(14)18-8-3-2-6-16(18)13-22-19(24)12-15-5-4-7-17(20)11-15/h2-11H,12-13H2,1H3,(H,22,24). The molecule has 0 bridgehead atoms. The molecule has 1 aromatic heterocycles. The number of hydrogen-bond donors (Lipinski definition) is 1. The number of para-hydroxylation sites is 1. The molecule has 0 saturated carbocycles. The number of nitrogens with one attached hydrogen (secondary N) is 1. The average molecular weight is 323 g/mol. The van der Waals surface area contributed by atoms with Gasteiger partial charge in [0.05, 0.1) is 12.1 Å². The highest BCUT2D eigenvalue weighted by atomic mass is 19.1. The van der Waals surface area contributed by atoms with Crippen molar-refractivity contribution in [2.24, 2.45) is 0 Å². The molecule has 0 fully saturated rings. The van der Waals surface area contributed by atoms with Gasteiger partial charge in [-0.1, -0.05) is 30.3 Å². The Morgan fingerprint density at radius 1 is 1.21 bits per heavy atom. The lowest BCUT2D eigenvalue weighted by Crippen LogP contribution is -2.25. The fourth-order valence-corrected chi connectivity index (χ4v) is 2.62. The Morgan fingerprint density at radius 3 is 2.79 bits per heavy atom. The van der Waals surface area contributed by atoms with E-state index in [1.807, 2.05) is 42.0 Å². The number of hydrogen-bond acceptors (Lipinski definition) is 2. The Balaban J connectivity index is 1.69. The predicted octanol–water partition coefficient (Wildman–Crippen LogP) is 3.18. The van der Waals surface area contributed by atoms with E-state index in [0.717, 1.165) is 17.1 Å². The Hall–Kier alpha value is -2.95. The molecule has 4 nitrogen and oxygen atoms in total. The van der Waals surface area contributed by atoms with E-state index in [4.69, 9.17) is 0 Å². The summed E-state index contributed by atoms with van der Waals surface area (Å²) in [5, 5.41) is 2.89. The van der Waals surface area contributed by atoms with Gasteiger partial charge in [0, 0.05) is 18.9 Å². The molecule has 1 amide bonds. The third-order valence-corrected chi connectivity index (χ3v) is 3.81. The van der Waals surface area contributed by atoms with Crippen LogP contribution >= 0.6 is 0 Å². The highest BCUT2D eigenvalue weighted by Gasteiger charge is 2.09. The van der Waals surface area contributed by atoms with Crippen LogP contribution in [0.15, 0.2) is 60.9 Å². The van der Waals surface area contributed by atoms with E-state index in [-0.39, 0.29) is 18.1 Å². The van der Waals surface area contributed by atoms with Gasteiger partial charge in [0.1, 0.15) is 11.6 Å². The number of aryl methyl sites for hydroxylation is 1. The van der Waals surface area contributed by atoms with Crippen LogP contribution in [-0.4, -0.2) is 15.5 Å². The number of benzene rings is 2. The van der Waals surface area contributed by atoms with Gasteiger partial charge in [0.25, 0.3) is 0 Å². The van der Waals surface area contributed by atoms with Crippen LogP contribution in [0.3, 0.4) is 0 Å². The summed E-state index contributed by atoms with van der Waals surface area (Å²) in [6, 6.07) is 13.9. The van der Waals surface area contributed by atoms with E-state index in [1.54, 1.807) is 18.3 Å². The monoisotopic (exact) mass is 323 g/mol. The van der Waals surface area contributed by atoms with Crippen LogP contribution < -0.4 is 5.32 Å². The number of carbonyl (C=O) groups excluding carboxylic acids is 1. The minimum atomic E-state index is -0.332. The lowest BCUT2D eigenvalue weighted by Gasteiger charge is -2.12. The molecule has 0 aliphatic heterocycles. The van der Waals surface area contributed by atoms with Gasteiger partial charge >= 0.3 is 0 Å². The van der Waals surface area contributed by atoms with Crippen molar-refractivity contribution in [1.29, 1.82) is 0 Å². The molecule has 0 saturated heterocycles. The number of imidazole rings is 1. The highest BCUT2D eigenvalue weighted by molar-refractivity contribution is 5.78. The van der Waals surface area contributed by atoms with Crippen molar-refractivity contribution < 1.29 is 9.18 Å². The Morgan fingerprint density at radius 2 is 2.04 bits per heavy atom. The Bertz CT molecular complexity index is 857. The zero-order chi connectivity index (χ0) is 16.9. The average Bonchev–Trinajstić information content (AvgIpc) is 2.99. The van der Waals surface area contributed by atoms with E-state index >= 15 is 0 Å². The van der Waals surface area contributed by atoms with Crippen LogP contribution in [0.5, 0.6) is 0 Å². The van der Waals surface area contributed by atoms with Crippen molar-refractivity contribution in [2.75, 3.05) is 0 Å². The van der Waals surface area contributed by atoms with Gasteiger partial charge in [-0.15, -0.1) is 0 Å². The van der Waals surface area contributed by atoms with E-state index in [9.17, 15) is 9.18 Å². The number of rotatable bonds is 5. The smallest absolute Gasteiger partial charge is 0.224 e. The molecule has 3 aromatic rings. The van der Waals surface area contributed by atoms with E-state index in [1.165, 1.54) is 12.1 Å².